The molecule has 1 aliphatic heterocycles. The average molecular weight is 294 g/mol. The number of ether oxygens (including phenoxy) is 1. The van der Waals surface area contributed by atoms with E-state index < -0.39 is 0 Å². The Balaban J connectivity index is 1.93. The molecule has 2 heterocycles. The molecule has 3 rings (SSSR count). The van der Waals surface area contributed by atoms with E-state index in [1.54, 1.807) is 0 Å². The topological polar surface area (TPSA) is 34.4 Å². The zero-order chi connectivity index (χ0) is 13.9. The van der Waals surface area contributed by atoms with Gasteiger partial charge in [-0.25, -0.2) is 0 Å². The number of benzene rings is 1. The van der Waals surface area contributed by atoms with Crippen LogP contribution in [0.2, 0.25) is 5.02 Å². The summed E-state index contributed by atoms with van der Waals surface area (Å²) in [6.45, 7) is 4.79. The van der Waals surface area contributed by atoms with Crippen LogP contribution in [-0.4, -0.2) is 19.8 Å². The van der Waals surface area contributed by atoms with Gasteiger partial charge in [-0.05, 0) is 31.5 Å². The Bertz CT molecular complexity index is 575. The molecule has 0 radical (unpaired) electrons. The van der Waals surface area contributed by atoms with Gasteiger partial charge < -0.3 is 14.5 Å². The number of hydrogen-bond donors (Lipinski definition) is 1. The third kappa shape index (κ3) is 2.71. The van der Waals surface area contributed by atoms with Crippen LogP contribution in [0.25, 0.3) is 11.0 Å². The van der Waals surface area contributed by atoms with Crippen LogP contribution in [0.4, 0.5) is 0 Å². The molecule has 1 saturated heterocycles. The van der Waals surface area contributed by atoms with Crippen LogP contribution in [0.15, 0.2) is 28.7 Å². The zero-order valence-electron chi connectivity index (χ0n) is 11.7. The minimum absolute atomic E-state index is 0.209. The monoisotopic (exact) mass is 293 g/mol. The minimum atomic E-state index is 0.209. The molecule has 4 heteroatoms. The highest BCUT2D eigenvalue weighted by atomic mass is 35.5. The quantitative estimate of drug-likeness (QED) is 0.899. The SMILES string of the molecule is CCCNC(c1cc2cccc(Cl)c2o1)C1CCOC1. The van der Waals surface area contributed by atoms with E-state index in [9.17, 15) is 0 Å². The molecule has 1 N–H and O–H groups in total. The van der Waals surface area contributed by atoms with Crippen molar-refractivity contribution in [2.45, 2.75) is 25.8 Å². The zero-order valence-corrected chi connectivity index (χ0v) is 12.5. The first-order valence-corrected chi connectivity index (χ1v) is 7.66. The molecule has 0 aliphatic carbocycles. The lowest BCUT2D eigenvalue weighted by Crippen LogP contribution is -2.29. The number of rotatable bonds is 5. The van der Waals surface area contributed by atoms with E-state index in [4.69, 9.17) is 20.8 Å². The Morgan fingerprint density at radius 2 is 2.35 bits per heavy atom. The van der Waals surface area contributed by atoms with Crippen molar-refractivity contribution in [2.75, 3.05) is 19.8 Å². The summed E-state index contributed by atoms with van der Waals surface area (Å²) in [7, 11) is 0. The van der Waals surface area contributed by atoms with Crippen LogP contribution >= 0.6 is 11.6 Å². The van der Waals surface area contributed by atoms with E-state index in [-0.39, 0.29) is 6.04 Å². The molecule has 3 nitrogen and oxygen atoms in total. The van der Waals surface area contributed by atoms with Crippen molar-refractivity contribution in [1.29, 1.82) is 0 Å². The number of furan rings is 1. The molecule has 108 valence electrons. The van der Waals surface area contributed by atoms with E-state index in [2.05, 4.69) is 18.3 Å². The van der Waals surface area contributed by atoms with Gasteiger partial charge in [0.2, 0.25) is 0 Å². The summed E-state index contributed by atoms with van der Waals surface area (Å²) in [6, 6.07) is 8.17. The maximum atomic E-state index is 6.20. The molecule has 1 aromatic heterocycles. The molecule has 1 aliphatic rings. The van der Waals surface area contributed by atoms with Gasteiger partial charge in [-0.1, -0.05) is 30.7 Å². The van der Waals surface area contributed by atoms with Crippen molar-refractivity contribution in [3.8, 4) is 0 Å². The molecule has 0 amide bonds. The fourth-order valence-electron chi connectivity index (χ4n) is 2.82. The van der Waals surface area contributed by atoms with Gasteiger partial charge in [-0.3, -0.25) is 0 Å². The fraction of sp³-hybridized carbons (Fsp3) is 0.500. The Hall–Kier alpha value is -1.03. The van der Waals surface area contributed by atoms with Crippen LogP contribution in [0.3, 0.4) is 0 Å². The van der Waals surface area contributed by atoms with Crippen LogP contribution in [-0.2, 0) is 4.74 Å². The largest absolute Gasteiger partial charge is 0.458 e. The standard InChI is InChI=1S/C16H20ClNO2/c1-2-7-18-15(12-6-8-19-10-12)14-9-11-4-3-5-13(17)16(11)20-14/h3-5,9,12,15,18H,2,6-8,10H2,1H3. The van der Waals surface area contributed by atoms with Crippen LogP contribution in [0, 0.1) is 5.92 Å². The molecule has 20 heavy (non-hydrogen) atoms. The van der Waals surface area contributed by atoms with E-state index in [0.717, 1.165) is 49.3 Å². The summed E-state index contributed by atoms with van der Waals surface area (Å²) >= 11 is 6.20. The predicted octanol–water partition coefficient (Wildman–Crippen LogP) is 4.16. The second-order valence-corrected chi connectivity index (χ2v) is 5.77. The first-order chi connectivity index (χ1) is 9.79. The summed E-state index contributed by atoms with van der Waals surface area (Å²) in [5.74, 6) is 1.44. The van der Waals surface area contributed by atoms with E-state index in [1.807, 2.05) is 18.2 Å². The lowest BCUT2D eigenvalue weighted by molar-refractivity contribution is 0.173. The van der Waals surface area contributed by atoms with Gasteiger partial charge in [0.1, 0.15) is 5.76 Å². The van der Waals surface area contributed by atoms with Crippen molar-refractivity contribution in [2.24, 2.45) is 5.92 Å². The Morgan fingerprint density at radius 3 is 3.05 bits per heavy atom. The highest BCUT2D eigenvalue weighted by molar-refractivity contribution is 6.34. The molecular weight excluding hydrogens is 274 g/mol. The van der Waals surface area contributed by atoms with Crippen molar-refractivity contribution in [3.05, 3.63) is 35.0 Å². The highest BCUT2D eigenvalue weighted by Crippen LogP contribution is 2.34. The Kier molecular flexibility index (Phi) is 4.29. The predicted molar refractivity (Wildman–Crippen MR) is 81.2 cm³/mol. The van der Waals surface area contributed by atoms with E-state index in [1.165, 1.54) is 0 Å². The van der Waals surface area contributed by atoms with Crippen molar-refractivity contribution < 1.29 is 9.15 Å². The first kappa shape index (κ1) is 13.9. The van der Waals surface area contributed by atoms with Gasteiger partial charge in [0.25, 0.3) is 0 Å². The second-order valence-electron chi connectivity index (χ2n) is 5.36. The normalized spacial score (nSPS) is 20.6. The van der Waals surface area contributed by atoms with Gasteiger partial charge in [0, 0.05) is 17.9 Å². The fourth-order valence-corrected chi connectivity index (χ4v) is 3.04. The first-order valence-electron chi connectivity index (χ1n) is 7.28. The number of halogens is 1. The molecule has 1 fully saturated rings. The molecule has 0 bridgehead atoms. The van der Waals surface area contributed by atoms with Crippen LogP contribution in [0.5, 0.6) is 0 Å². The lowest BCUT2D eigenvalue weighted by atomic mass is 9.96. The Labute approximate surface area is 124 Å². The molecular formula is C16H20ClNO2. The molecule has 2 aromatic rings. The number of fused-ring (bicyclic) bond motifs is 1. The highest BCUT2D eigenvalue weighted by Gasteiger charge is 2.29. The van der Waals surface area contributed by atoms with Crippen LogP contribution < -0.4 is 5.32 Å². The number of para-hydroxylation sites is 1. The van der Waals surface area contributed by atoms with Crippen molar-refractivity contribution in [1.82, 2.24) is 5.32 Å². The summed E-state index contributed by atoms with van der Waals surface area (Å²) in [6.07, 6.45) is 2.18. The van der Waals surface area contributed by atoms with Gasteiger partial charge in [-0.15, -0.1) is 0 Å². The van der Waals surface area contributed by atoms with Crippen LogP contribution in [0.1, 0.15) is 31.6 Å². The van der Waals surface area contributed by atoms with Gasteiger partial charge in [0.15, 0.2) is 5.58 Å². The Morgan fingerprint density at radius 1 is 1.45 bits per heavy atom. The molecule has 0 saturated carbocycles. The summed E-state index contributed by atoms with van der Waals surface area (Å²) in [5.41, 5.74) is 0.784. The van der Waals surface area contributed by atoms with Gasteiger partial charge in [-0.2, -0.15) is 0 Å². The molecule has 0 spiro atoms. The smallest absolute Gasteiger partial charge is 0.152 e. The number of nitrogens with one attached hydrogen (secondary N) is 1. The maximum Gasteiger partial charge on any atom is 0.152 e. The molecule has 2 unspecified atom stereocenters. The van der Waals surface area contributed by atoms with Gasteiger partial charge >= 0.3 is 0 Å². The third-order valence-corrected chi connectivity index (χ3v) is 4.17. The van der Waals surface area contributed by atoms with E-state index in [0.29, 0.717) is 10.9 Å². The van der Waals surface area contributed by atoms with Crippen molar-refractivity contribution in [3.63, 3.8) is 0 Å². The van der Waals surface area contributed by atoms with Crippen molar-refractivity contribution >= 4 is 22.6 Å². The second kappa shape index (κ2) is 6.17. The minimum Gasteiger partial charge on any atom is -0.458 e. The summed E-state index contributed by atoms with van der Waals surface area (Å²) in [4.78, 5) is 0. The summed E-state index contributed by atoms with van der Waals surface area (Å²) < 4.78 is 11.6. The third-order valence-electron chi connectivity index (χ3n) is 3.87. The van der Waals surface area contributed by atoms with E-state index >= 15 is 0 Å². The maximum absolute atomic E-state index is 6.20. The molecule has 1 aromatic carbocycles. The lowest BCUT2D eigenvalue weighted by Gasteiger charge is -2.21. The molecule has 2 atom stereocenters. The average Bonchev–Trinajstić information content (AvgIpc) is 3.09. The van der Waals surface area contributed by atoms with Gasteiger partial charge in [0.05, 0.1) is 17.7 Å². The number of hydrogen-bond acceptors (Lipinski definition) is 3. The summed E-state index contributed by atoms with van der Waals surface area (Å²) in [5, 5.41) is 5.33.